The molecule has 0 unspecified atom stereocenters. The molecule has 0 atom stereocenters. The van der Waals surface area contributed by atoms with Gasteiger partial charge in [0.1, 0.15) is 0 Å². The summed E-state index contributed by atoms with van der Waals surface area (Å²) in [4.78, 5) is 11.2. The van der Waals surface area contributed by atoms with Crippen LogP contribution in [0.4, 0.5) is 0 Å². The highest BCUT2D eigenvalue weighted by Gasteiger charge is 2.51. The normalized spacial score (nSPS) is 16.7. The summed E-state index contributed by atoms with van der Waals surface area (Å²) in [5.74, 6) is -0.235. The van der Waals surface area contributed by atoms with Gasteiger partial charge in [0.25, 0.3) is 0 Å². The molecular weight excluding hydrogens is 220 g/mol. The molecule has 1 aromatic carbocycles. The number of carbonyl (C=O) groups is 1. The van der Waals surface area contributed by atoms with E-state index in [4.69, 9.17) is 0 Å². The van der Waals surface area contributed by atoms with Gasteiger partial charge < -0.3 is 5.11 Å². The molecule has 1 saturated carbocycles. The predicted molar refractivity (Wildman–Crippen MR) is 58.2 cm³/mol. The van der Waals surface area contributed by atoms with Crippen molar-refractivity contribution in [1.82, 2.24) is 20.6 Å². The van der Waals surface area contributed by atoms with Crippen LogP contribution in [-0.4, -0.2) is 31.7 Å². The zero-order valence-electron chi connectivity index (χ0n) is 8.92. The third kappa shape index (κ3) is 1.49. The lowest BCUT2D eigenvalue weighted by Crippen LogP contribution is -2.19. The molecule has 0 spiro atoms. The first-order chi connectivity index (χ1) is 8.22. The van der Waals surface area contributed by atoms with E-state index in [0.29, 0.717) is 18.7 Å². The first-order valence-electron chi connectivity index (χ1n) is 5.30. The summed E-state index contributed by atoms with van der Waals surface area (Å²) in [5.41, 5.74) is 1.01. The molecule has 6 heteroatoms. The summed E-state index contributed by atoms with van der Waals surface area (Å²) < 4.78 is 0. The van der Waals surface area contributed by atoms with Crippen molar-refractivity contribution in [3.63, 3.8) is 0 Å². The van der Waals surface area contributed by atoms with Crippen LogP contribution in [-0.2, 0) is 10.2 Å². The van der Waals surface area contributed by atoms with E-state index in [0.717, 1.165) is 11.1 Å². The molecule has 0 aliphatic heterocycles. The number of nitrogens with one attached hydrogen (secondary N) is 1. The molecule has 86 valence electrons. The second-order valence-electron chi connectivity index (χ2n) is 4.20. The molecule has 1 aliphatic rings. The predicted octanol–water partition coefficient (Wildman–Crippen LogP) is 0.983. The summed E-state index contributed by atoms with van der Waals surface area (Å²) in [6.07, 6.45) is 1.42. The smallest absolute Gasteiger partial charge is 0.314 e. The fourth-order valence-electron chi connectivity index (χ4n) is 1.97. The number of rotatable bonds is 3. The number of carboxylic acids is 1. The minimum atomic E-state index is -0.746. The maximum absolute atomic E-state index is 11.2. The summed E-state index contributed by atoms with van der Waals surface area (Å²) in [7, 11) is 0. The van der Waals surface area contributed by atoms with Crippen LogP contribution >= 0.6 is 0 Å². The van der Waals surface area contributed by atoms with E-state index < -0.39 is 11.4 Å². The van der Waals surface area contributed by atoms with Gasteiger partial charge in [-0.1, -0.05) is 24.3 Å². The van der Waals surface area contributed by atoms with Crippen LogP contribution in [0.1, 0.15) is 18.4 Å². The van der Waals surface area contributed by atoms with Crippen LogP contribution in [0.15, 0.2) is 24.3 Å². The van der Waals surface area contributed by atoms with Crippen molar-refractivity contribution >= 4 is 5.97 Å². The van der Waals surface area contributed by atoms with Crippen LogP contribution in [0.5, 0.6) is 0 Å². The molecular formula is C11H10N4O2. The van der Waals surface area contributed by atoms with Gasteiger partial charge in [0.2, 0.25) is 5.82 Å². The minimum absolute atomic E-state index is 0.511. The number of aromatic amines is 1. The highest BCUT2D eigenvalue weighted by molar-refractivity contribution is 5.85. The molecule has 1 fully saturated rings. The van der Waals surface area contributed by atoms with Crippen molar-refractivity contribution in [2.24, 2.45) is 0 Å². The average molecular weight is 230 g/mol. The van der Waals surface area contributed by atoms with E-state index in [9.17, 15) is 9.90 Å². The molecule has 0 amide bonds. The Morgan fingerprint density at radius 1 is 1.29 bits per heavy atom. The summed E-state index contributed by atoms with van der Waals surface area (Å²) >= 11 is 0. The van der Waals surface area contributed by atoms with Crippen molar-refractivity contribution in [3.8, 4) is 11.4 Å². The number of carboxylic acid groups (broad SMARTS) is 1. The Balaban J connectivity index is 1.94. The van der Waals surface area contributed by atoms with E-state index in [2.05, 4.69) is 20.6 Å². The Labute approximate surface area is 96.7 Å². The van der Waals surface area contributed by atoms with E-state index >= 15 is 0 Å². The topological polar surface area (TPSA) is 91.8 Å². The van der Waals surface area contributed by atoms with E-state index in [1.54, 1.807) is 0 Å². The zero-order valence-corrected chi connectivity index (χ0v) is 8.92. The van der Waals surface area contributed by atoms with Gasteiger partial charge in [0, 0.05) is 5.56 Å². The molecule has 17 heavy (non-hydrogen) atoms. The number of nitrogens with zero attached hydrogens (tertiary/aromatic N) is 3. The van der Waals surface area contributed by atoms with Crippen molar-refractivity contribution in [3.05, 3.63) is 29.8 Å². The summed E-state index contributed by atoms with van der Waals surface area (Å²) in [6, 6.07) is 7.30. The summed E-state index contributed by atoms with van der Waals surface area (Å²) in [5, 5.41) is 22.8. The lowest BCUT2D eigenvalue weighted by Gasteiger charge is -2.09. The van der Waals surface area contributed by atoms with Gasteiger partial charge in [-0.2, -0.15) is 5.21 Å². The standard InChI is InChI=1S/C11H10N4O2/c16-10(17)11(5-6-11)8-3-1-7(2-4-8)9-12-14-15-13-9/h1-4H,5-6H2,(H,16,17)(H,12,13,14,15). The monoisotopic (exact) mass is 230 g/mol. The SMILES string of the molecule is O=C(O)C1(c2ccc(-c3nn[nH]n3)cc2)CC1. The van der Waals surface area contributed by atoms with Crippen molar-refractivity contribution in [1.29, 1.82) is 0 Å². The number of benzene rings is 1. The van der Waals surface area contributed by atoms with Crippen LogP contribution in [0, 0.1) is 0 Å². The first kappa shape index (κ1) is 9.95. The molecule has 2 N–H and O–H groups in total. The van der Waals surface area contributed by atoms with Gasteiger partial charge >= 0.3 is 5.97 Å². The Kier molecular flexibility index (Phi) is 1.98. The second-order valence-corrected chi connectivity index (χ2v) is 4.20. The van der Waals surface area contributed by atoms with Gasteiger partial charge in [0.15, 0.2) is 0 Å². The number of aromatic nitrogens is 4. The number of hydrogen-bond donors (Lipinski definition) is 2. The third-order valence-corrected chi connectivity index (χ3v) is 3.20. The van der Waals surface area contributed by atoms with Crippen LogP contribution in [0.3, 0.4) is 0 Å². The highest BCUT2D eigenvalue weighted by Crippen LogP contribution is 2.48. The molecule has 2 aromatic rings. The van der Waals surface area contributed by atoms with Crippen molar-refractivity contribution < 1.29 is 9.90 Å². The molecule has 0 radical (unpaired) electrons. The maximum atomic E-state index is 11.2. The maximum Gasteiger partial charge on any atom is 0.314 e. The quantitative estimate of drug-likeness (QED) is 0.820. The highest BCUT2D eigenvalue weighted by atomic mass is 16.4. The van der Waals surface area contributed by atoms with Gasteiger partial charge in [-0.15, -0.1) is 10.2 Å². The fourth-order valence-corrected chi connectivity index (χ4v) is 1.97. The number of hydrogen-bond acceptors (Lipinski definition) is 4. The third-order valence-electron chi connectivity index (χ3n) is 3.20. The Hall–Kier alpha value is -2.24. The second kappa shape index (κ2) is 3.38. The molecule has 1 heterocycles. The van der Waals surface area contributed by atoms with Crippen molar-refractivity contribution in [2.45, 2.75) is 18.3 Å². The average Bonchev–Trinajstić information content (AvgIpc) is 2.98. The van der Waals surface area contributed by atoms with Gasteiger partial charge in [-0.3, -0.25) is 4.79 Å². The number of tetrazole rings is 1. The van der Waals surface area contributed by atoms with Crippen molar-refractivity contribution in [2.75, 3.05) is 0 Å². The van der Waals surface area contributed by atoms with Gasteiger partial charge in [0.05, 0.1) is 5.41 Å². The van der Waals surface area contributed by atoms with E-state index in [1.807, 2.05) is 24.3 Å². The molecule has 3 rings (SSSR count). The van der Waals surface area contributed by atoms with Crippen LogP contribution in [0.25, 0.3) is 11.4 Å². The number of H-pyrrole nitrogens is 1. The molecule has 0 saturated heterocycles. The lowest BCUT2D eigenvalue weighted by atomic mass is 9.95. The molecule has 6 nitrogen and oxygen atoms in total. The minimum Gasteiger partial charge on any atom is -0.481 e. The summed E-state index contributed by atoms with van der Waals surface area (Å²) in [6.45, 7) is 0. The molecule has 0 bridgehead atoms. The Morgan fingerprint density at radius 3 is 2.47 bits per heavy atom. The van der Waals surface area contributed by atoms with E-state index in [-0.39, 0.29) is 0 Å². The van der Waals surface area contributed by atoms with Crippen LogP contribution in [0.2, 0.25) is 0 Å². The first-order valence-corrected chi connectivity index (χ1v) is 5.30. The number of aliphatic carboxylic acids is 1. The Morgan fingerprint density at radius 2 is 2.00 bits per heavy atom. The van der Waals surface area contributed by atoms with Crippen LogP contribution < -0.4 is 0 Å². The van der Waals surface area contributed by atoms with Gasteiger partial charge in [-0.25, -0.2) is 0 Å². The van der Waals surface area contributed by atoms with E-state index in [1.165, 1.54) is 0 Å². The largest absolute Gasteiger partial charge is 0.481 e. The Bertz CT molecular complexity index is 543. The molecule has 1 aromatic heterocycles. The fraction of sp³-hybridized carbons (Fsp3) is 0.273. The lowest BCUT2D eigenvalue weighted by molar-refractivity contribution is -0.140. The molecule has 1 aliphatic carbocycles. The zero-order chi connectivity index (χ0) is 11.9. The van der Waals surface area contributed by atoms with Gasteiger partial charge in [-0.05, 0) is 23.6 Å².